The standard InChI is InChI=1S/C17H19NO4/c1-21-16-11-13(7-8-15(16)19)9-10-18-17(20)22-12-14-5-3-2-4-6-14/h2-8,11,19H,9-10,12H2,1H3,(H,18,20). The fourth-order valence-electron chi connectivity index (χ4n) is 1.96. The fraction of sp³-hybridized carbons (Fsp3) is 0.235. The largest absolute Gasteiger partial charge is 0.504 e. The van der Waals surface area contributed by atoms with Crippen molar-refractivity contribution < 1.29 is 19.4 Å². The van der Waals surface area contributed by atoms with Crippen molar-refractivity contribution in [3.63, 3.8) is 0 Å². The molecule has 0 unspecified atom stereocenters. The number of ether oxygens (including phenoxy) is 2. The van der Waals surface area contributed by atoms with Crippen molar-refractivity contribution >= 4 is 6.09 Å². The second kappa shape index (κ2) is 7.93. The lowest BCUT2D eigenvalue weighted by Crippen LogP contribution is -2.26. The molecule has 0 aliphatic rings. The van der Waals surface area contributed by atoms with Gasteiger partial charge in [0.1, 0.15) is 6.61 Å². The van der Waals surface area contributed by atoms with Gasteiger partial charge in [-0.2, -0.15) is 0 Å². The average Bonchev–Trinajstić information content (AvgIpc) is 2.55. The van der Waals surface area contributed by atoms with Gasteiger partial charge in [-0.15, -0.1) is 0 Å². The number of alkyl carbamates (subject to hydrolysis) is 1. The van der Waals surface area contributed by atoms with E-state index in [9.17, 15) is 9.90 Å². The van der Waals surface area contributed by atoms with E-state index >= 15 is 0 Å². The van der Waals surface area contributed by atoms with Gasteiger partial charge < -0.3 is 19.9 Å². The molecule has 0 aliphatic heterocycles. The Morgan fingerprint density at radius 3 is 2.64 bits per heavy atom. The zero-order valence-electron chi connectivity index (χ0n) is 12.4. The number of aromatic hydroxyl groups is 1. The number of amides is 1. The first-order chi connectivity index (χ1) is 10.7. The first-order valence-corrected chi connectivity index (χ1v) is 6.99. The first kappa shape index (κ1) is 15.7. The van der Waals surface area contributed by atoms with Crippen molar-refractivity contribution in [3.8, 4) is 11.5 Å². The van der Waals surface area contributed by atoms with E-state index in [2.05, 4.69) is 5.32 Å². The Balaban J connectivity index is 1.73. The molecule has 0 atom stereocenters. The fourth-order valence-corrected chi connectivity index (χ4v) is 1.96. The van der Waals surface area contributed by atoms with Gasteiger partial charge >= 0.3 is 6.09 Å². The summed E-state index contributed by atoms with van der Waals surface area (Å²) in [6.07, 6.45) is 0.173. The molecule has 2 aromatic rings. The third-order valence-corrected chi connectivity index (χ3v) is 3.14. The van der Waals surface area contributed by atoms with E-state index in [1.54, 1.807) is 18.2 Å². The molecular formula is C17H19NO4. The van der Waals surface area contributed by atoms with Crippen LogP contribution in [0.4, 0.5) is 4.79 Å². The second-order valence-corrected chi connectivity index (χ2v) is 4.74. The number of nitrogens with one attached hydrogen (secondary N) is 1. The highest BCUT2D eigenvalue weighted by Gasteiger charge is 2.05. The Hall–Kier alpha value is -2.69. The zero-order chi connectivity index (χ0) is 15.8. The Morgan fingerprint density at radius 2 is 1.91 bits per heavy atom. The summed E-state index contributed by atoms with van der Waals surface area (Å²) in [7, 11) is 1.50. The normalized spacial score (nSPS) is 10.0. The zero-order valence-corrected chi connectivity index (χ0v) is 12.4. The van der Waals surface area contributed by atoms with Crippen LogP contribution >= 0.6 is 0 Å². The van der Waals surface area contributed by atoms with E-state index < -0.39 is 6.09 Å². The lowest BCUT2D eigenvalue weighted by molar-refractivity contribution is 0.140. The molecule has 116 valence electrons. The summed E-state index contributed by atoms with van der Waals surface area (Å²) in [5, 5.41) is 12.2. The summed E-state index contributed by atoms with van der Waals surface area (Å²) in [5.74, 6) is 0.519. The van der Waals surface area contributed by atoms with Crippen LogP contribution in [0.2, 0.25) is 0 Å². The monoisotopic (exact) mass is 301 g/mol. The molecule has 0 saturated heterocycles. The highest BCUT2D eigenvalue weighted by atomic mass is 16.5. The number of hydrogen-bond acceptors (Lipinski definition) is 4. The molecule has 1 amide bonds. The molecule has 5 heteroatoms. The second-order valence-electron chi connectivity index (χ2n) is 4.74. The molecule has 0 radical (unpaired) electrons. The van der Waals surface area contributed by atoms with E-state index in [0.717, 1.165) is 11.1 Å². The maximum atomic E-state index is 11.6. The van der Waals surface area contributed by atoms with E-state index in [4.69, 9.17) is 9.47 Å². The molecule has 0 heterocycles. The Labute approximate surface area is 129 Å². The van der Waals surface area contributed by atoms with Crippen LogP contribution in [0.5, 0.6) is 11.5 Å². The van der Waals surface area contributed by atoms with Gasteiger partial charge in [0.05, 0.1) is 7.11 Å². The third kappa shape index (κ3) is 4.70. The predicted molar refractivity (Wildman–Crippen MR) is 83.0 cm³/mol. The number of hydrogen-bond donors (Lipinski definition) is 2. The number of rotatable bonds is 6. The Kier molecular flexibility index (Phi) is 5.65. The molecule has 2 rings (SSSR count). The number of phenolic OH excluding ortho intramolecular Hbond substituents is 1. The highest BCUT2D eigenvalue weighted by molar-refractivity contribution is 5.67. The van der Waals surface area contributed by atoms with Crippen LogP contribution in [0, 0.1) is 0 Å². The van der Waals surface area contributed by atoms with Crippen LogP contribution in [0.1, 0.15) is 11.1 Å². The average molecular weight is 301 g/mol. The number of carbonyl (C=O) groups excluding carboxylic acids is 1. The first-order valence-electron chi connectivity index (χ1n) is 6.99. The van der Waals surface area contributed by atoms with Crippen LogP contribution in [0.15, 0.2) is 48.5 Å². The summed E-state index contributed by atoms with van der Waals surface area (Å²) in [6, 6.07) is 14.6. The quantitative estimate of drug-likeness (QED) is 0.861. The van der Waals surface area contributed by atoms with E-state index in [0.29, 0.717) is 18.7 Å². The Bertz CT molecular complexity index is 613. The lowest BCUT2D eigenvalue weighted by Gasteiger charge is -2.08. The smallest absolute Gasteiger partial charge is 0.407 e. The molecule has 0 aliphatic carbocycles. The van der Waals surface area contributed by atoms with Crippen molar-refractivity contribution in [2.45, 2.75) is 13.0 Å². The molecule has 0 fully saturated rings. The van der Waals surface area contributed by atoms with Crippen molar-refractivity contribution in [2.24, 2.45) is 0 Å². The summed E-state index contributed by atoms with van der Waals surface area (Å²) in [5.41, 5.74) is 1.90. The maximum absolute atomic E-state index is 11.6. The minimum absolute atomic E-state index is 0.0986. The molecule has 5 nitrogen and oxygen atoms in total. The summed E-state index contributed by atoms with van der Waals surface area (Å²) < 4.78 is 10.2. The van der Waals surface area contributed by atoms with Gasteiger partial charge in [0, 0.05) is 6.54 Å². The third-order valence-electron chi connectivity index (χ3n) is 3.14. The lowest BCUT2D eigenvalue weighted by atomic mass is 10.1. The predicted octanol–water partition coefficient (Wildman–Crippen LogP) is 2.87. The van der Waals surface area contributed by atoms with Crippen LogP contribution in [0.3, 0.4) is 0 Å². The summed E-state index contributed by atoms with van der Waals surface area (Å²) in [4.78, 5) is 11.6. The van der Waals surface area contributed by atoms with Crippen molar-refractivity contribution in [2.75, 3.05) is 13.7 Å². The van der Waals surface area contributed by atoms with Crippen molar-refractivity contribution in [1.82, 2.24) is 5.32 Å². The van der Waals surface area contributed by atoms with Crippen LogP contribution in [-0.2, 0) is 17.8 Å². The topological polar surface area (TPSA) is 67.8 Å². The van der Waals surface area contributed by atoms with Gasteiger partial charge in [-0.25, -0.2) is 4.79 Å². The summed E-state index contributed by atoms with van der Waals surface area (Å²) in [6.45, 7) is 0.696. The summed E-state index contributed by atoms with van der Waals surface area (Å²) >= 11 is 0. The number of methoxy groups -OCH3 is 1. The number of benzene rings is 2. The molecule has 22 heavy (non-hydrogen) atoms. The number of carbonyl (C=O) groups is 1. The molecular weight excluding hydrogens is 282 g/mol. The van der Waals surface area contributed by atoms with E-state index in [1.807, 2.05) is 30.3 Å². The minimum Gasteiger partial charge on any atom is -0.504 e. The van der Waals surface area contributed by atoms with Crippen LogP contribution < -0.4 is 10.1 Å². The minimum atomic E-state index is -0.449. The molecule has 0 aromatic heterocycles. The molecule has 0 saturated carbocycles. The molecule has 2 N–H and O–H groups in total. The van der Waals surface area contributed by atoms with Gasteiger partial charge in [0.2, 0.25) is 0 Å². The van der Waals surface area contributed by atoms with E-state index in [1.165, 1.54) is 7.11 Å². The van der Waals surface area contributed by atoms with Crippen LogP contribution in [0.25, 0.3) is 0 Å². The van der Waals surface area contributed by atoms with Gasteiger partial charge in [-0.3, -0.25) is 0 Å². The van der Waals surface area contributed by atoms with Gasteiger partial charge in [-0.1, -0.05) is 36.4 Å². The molecule has 2 aromatic carbocycles. The van der Waals surface area contributed by atoms with Crippen molar-refractivity contribution in [3.05, 3.63) is 59.7 Å². The molecule has 0 bridgehead atoms. The SMILES string of the molecule is COc1cc(CCNC(=O)OCc2ccccc2)ccc1O. The van der Waals surface area contributed by atoms with E-state index in [-0.39, 0.29) is 12.4 Å². The van der Waals surface area contributed by atoms with Crippen LogP contribution in [-0.4, -0.2) is 24.9 Å². The van der Waals surface area contributed by atoms with Crippen molar-refractivity contribution in [1.29, 1.82) is 0 Å². The number of phenols is 1. The van der Waals surface area contributed by atoms with Gasteiger partial charge in [0.15, 0.2) is 11.5 Å². The maximum Gasteiger partial charge on any atom is 0.407 e. The van der Waals surface area contributed by atoms with Gasteiger partial charge in [-0.05, 0) is 29.7 Å². The Morgan fingerprint density at radius 1 is 1.14 bits per heavy atom. The molecule has 0 spiro atoms. The highest BCUT2D eigenvalue weighted by Crippen LogP contribution is 2.26. The van der Waals surface area contributed by atoms with Gasteiger partial charge in [0.25, 0.3) is 0 Å².